The Kier molecular flexibility index (Phi) is 4.63. The zero-order valence-corrected chi connectivity index (χ0v) is 11.4. The van der Waals surface area contributed by atoms with Gasteiger partial charge in [0.15, 0.2) is 11.6 Å². The molecule has 1 aromatic carbocycles. The van der Waals surface area contributed by atoms with Gasteiger partial charge in [0.2, 0.25) is 0 Å². The average Bonchev–Trinajstić information content (AvgIpc) is 2.42. The van der Waals surface area contributed by atoms with Crippen LogP contribution in [0.5, 0.6) is 5.75 Å². The lowest BCUT2D eigenvalue weighted by molar-refractivity contribution is 0.292. The molecule has 0 aliphatic heterocycles. The van der Waals surface area contributed by atoms with E-state index in [-0.39, 0.29) is 12.2 Å². The van der Waals surface area contributed by atoms with Crippen molar-refractivity contribution >= 4 is 0 Å². The summed E-state index contributed by atoms with van der Waals surface area (Å²) >= 11 is 0. The first-order valence-electron chi connectivity index (χ1n) is 6.28. The Morgan fingerprint density at radius 1 is 1.20 bits per heavy atom. The summed E-state index contributed by atoms with van der Waals surface area (Å²) in [5.41, 5.74) is 1.80. The van der Waals surface area contributed by atoms with E-state index in [0.29, 0.717) is 12.3 Å². The highest BCUT2D eigenvalue weighted by Gasteiger charge is 2.10. The third-order valence-electron chi connectivity index (χ3n) is 2.83. The highest BCUT2D eigenvalue weighted by atomic mass is 19.2. The van der Waals surface area contributed by atoms with Gasteiger partial charge in [-0.25, -0.2) is 8.78 Å². The number of nitrogens with one attached hydrogen (secondary N) is 1. The topological polar surface area (TPSA) is 34.2 Å². The maximum Gasteiger partial charge on any atom is 0.165 e. The van der Waals surface area contributed by atoms with E-state index in [1.54, 1.807) is 13.1 Å². The molecule has 0 saturated carbocycles. The quantitative estimate of drug-likeness (QED) is 0.913. The van der Waals surface area contributed by atoms with Gasteiger partial charge >= 0.3 is 0 Å². The number of aryl methyl sites for hydroxylation is 1. The third kappa shape index (κ3) is 3.30. The van der Waals surface area contributed by atoms with Crippen LogP contribution in [0.2, 0.25) is 0 Å². The van der Waals surface area contributed by atoms with Crippen molar-refractivity contribution in [2.45, 2.75) is 20.1 Å². The average molecular weight is 278 g/mol. The minimum absolute atomic E-state index is 0.0367. The SMILES string of the molecule is CNCc1nc(C)ccc1OCc1cccc(F)c1F. The standard InChI is InChI=1S/C15H16F2N2O/c1-10-6-7-14(13(19-10)8-18-2)20-9-11-4-3-5-12(16)15(11)17/h3-7,18H,8-9H2,1-2H3. The van der Waals surface area contributed by atoms with Gasteiger partial charge in [0.25, 0.3) is 0 Å². The van der Waals surface area contributed by atoms with Gasteiger partial charge in [0.1, 0.15) is 12.4 Å². The summed E-state index contributed by atoms with van der Waals surface area (Å²) in [6.07, 6.45) is 0. The summed E-state index contributed by atoms with van der Waals surface area (Å²) in [4.78, 5) is 4.36. The molecule has 0 aliphatic rings. The second-order valence-electron chi connectivity index (χ2n) is 4.43. The monoisotopic (exact) mass is 278 g/mol. The van der Waals surface area contributed by atoms with Crippen molar-refractivity contribution in [2.24, 2.45) is 0 Å². The largest absolute Gasteiger partial charge is 0.487 e. The van der Waals surface area contributed by atoms with Crippen LogP contribution in [0.3, 0.4) is 0 Å². The summed E-state index contributed by atoms with van der Waals surface area (Å²) in [5, 5.41) is 2.99. The summed E-state index contributed by atoms with van der Waals surface area (Å²) < 4.78 is 32.2. The van der Waals surface area contributed by atoms with E-state index in [1.165, 1.54) is 12.1 Å². The number of halogens is 2. The van der Waals surface area contributed by atoms with Gasteiger partial charge in [0, 0.05) is 17.8 Å². The van der Waals surface area contributed by atoms with Crippen LogP contribution < -0.4 is 10.1 Å². The number of hydrogen-bond donors (Lipinski definition) is 1. The van der Waals surface area contributed by atoms with Crippen molar-refractivity contribution in [3.8, 4) is 5.75 Å². The van der Waals surface area contributed by atoms with Crippen LogP contribution in [-0.2, 0) is 13.2 Å². The highest BCUT2D eigenvalue weighted by molar-refractivity contribution is 5.30. The third-order valence-corrected chi connectivity index (χ3v) is 2.83. The van der Waals surface area contributed by atoms with E-state index >= 15 is 0 Å². The molecule has 2 rings (SSSR count). The van der Waals surface area contributed by atoms with Gasteiger partial charge in [-0.15, -0.1) is 0 Å². The van der Waals surface area contributed by atoms with Crippen LogP contribution in [0, 0.1) is 18.6 Å². The van der Waals surface area contributed by atoms with E-state index in [9.17, 15) is 8.78 Å². The van der Waals surface area contributed by atoms with E-state index in [2.05, 4.69) is 10.3 Å². The van der Waals surface area contributed by atoms with Crippen molar-refractivity contribution in [1.82, 2.24) is 10.3 Å². The molecule has 1 N–H and O–H groups in total. The molecular weight excluding hydrogens is 262 g/mol. The van der Waals surface area contributed by atoms with Gasteiger partial charge in [0.05, 0.1) is 5.69 Å². The van der Waals surface area contributed by atoms with Gasteiger partial charge in [-0.05, 0) is 32.2 Å². The molecule has 1 heterocycles. The molecule has 0 aliphatic carbocycles. The fourth-order valence-corrected chi connectivity index (χ4v) is 1.84. The maximum absolute atomic E-state index is 13.5. The molecule has 3 nitrogen and oxygen atoms in total. The Balaban J connectivity index is 2.16. The van der Waals surface area contributed by atoms with Gasteiger partial charge in [-0.1, -0.05) is 12.1 Å². The Hall–Kier alpha value is -2.01. The lowest BCUT2D eigenvalue weighted by atomic mass is 10.2. The number of ether oxygens (including phenoxy) is 1. The molecule has 0 atom stereocenters. The number of benzene rings is 1. The van der Waals surface area contributed by atoms with Gasteiger partial charge in [-0.2, -0.15) is 0 Å². The van der Waals surface area contributed by atoms with Crippen molar-refractivity contribution in [2.75, 3.05) is 7.05 Å². The zero-order chi connectivity index (χ0) is 14.5. The first-order valence-corrected chi connectivity index (χ1v) is 6.28. The summed E-state index contributed by atoms with van der Waals surface area (Å²) in [7, 11) is 1.81. The van der Waals surface area contributed by atoms with E-state index in [0.717, 1.165) is 17.5 Å². The molecule has 106 valence electrons. The first-order chi connectivity index (χ1) is 9.61. The molecule has 2 aromatic rings. The lowest BCUT2D eigenvalue weighted by Gasteiger charge is -2.12. The zero-order valence-electron chi connectivity index (χ0n) is 11.4. The fourth-order valence-electron chi connectivity index (χ4n) is 1.84. The van der Waals surface area contributed by atoms with Crippen LogP contribution >= 0.6 is 0 Å². The van der Waals surface area contributed by atoms with Crippen LogP contribution in [0.4, 0.5) is 8.78 Å². The number of hydrogen-bond acceptors (Lipinski definition) is 3. The van der Waals surface area contributed by atoms with Gasteiger partial charge < -0.3 is 10.1 Å². The van der Waals surface area contributed by atoms with Crippen LogP contribution in [-0.4, -0.2) is 12.0 Å². The first kappa shape index (κ1) is 14.4. The number of aromatic nitrogens is 1. The Labute approximate surface area is 116 Å². The van der Waals surface area contributed by atoms with Crippen molar-refractivity contribution in [1.29, 1.82) is 0 Å². The predicted octanol–water partition coefficient (Wildman–Crippen LogP) is 2.97. The van der Waals surface area contributed by atoms with E-state index in [4.69, 9.17) is 4.74 Å². The van der Waals surface area contributed by atoms with Crippen LogP contribution in [0.15, 0.2) is 30.3 Å². The maximum atomic E-state index is 13.5. The fraction of sp³-hybridized carbons (Fsp3) is 0.267. The summed E-state index contributed by atoms with van der Waals surface area (Å²) in [6.45, 7) is 2.39. The van der Waals surface area contributed by atoms with Crippen LogP contribution in [0.1, 0.15) is 17.0 Å². The highest BCUT2D eigenvalue weighted by Crippen LogP contribution is 2.20. The molecule has 0 bridgehead atoms. The molecule has 0 radical (unpaired) electrons. The molecule has 5 heteroatoms. The number of pyridine rings is 1. The van der Waals surface area contributed by atoms with Crippen molar-refractivity contribution in [3.05, 3.63) is 58.9 Å². The number of rotatable bonds is 5. The smallest absolute Gasteiger partial charge is 0.165 e. The van der Waals surface area contributed by atoms with E-state index in [1.807, 2.05) is 13.0 Å². The molecule has 0 saturated heterocycles. The van der Waals surface area contributed by atoms with Gasteiger partial charge in [-0.3, -0.25) is 4.98 Å². The Morgan fingerprint density at radius 2 is 2.00 bits per heavy atom. The molecular formula is C15H16F2N2O. The van der Waals surface area contributed by atoms with Crippen LogP contribution in [0.25, 0.3) is 0 Å². The Bertz CT molecular complexity index is 602. The van der Waals surface area contributed by atoms with Crippen molar-refractivity contribution < 1.29 is 13.5 Å². The molecule has 0 unspecified atom stereocenters. The molecule has 20 heavy (non-hydrogen) atoms. The lowest BCUT2D eigenvalue weighted by Crippen LogP contribution is -2.10. The second-order valence-corrected chi connectivity index (χ2v) is 4.43. The summed E-state index contributed by atoms with van der Waals surface area (Å²) in [5.74, 6) is -1.18. The molecule has 0 spiro atoms. The summed E-state index contributed by atoms with van der Waals surface area (Å²) in [6, 6.07) is 7.64. The minimum Gasteiger partial charge on any atom is -0.487 e. The molecule has 0 fully saturated rings. The predicted molar refractivity (Wildman–Crippen MR) is 72.4 cm³/mol. The molecule has 0 amide bonds. The van der Waals surface area contributed by atoms with Crippen molar-refractivity contribution in [3.63, 3.8) is 0 Å². The second kappa shape index (κ2) is 6.43. The molecule has 1 aromatic heterocycles. The Morgan fingerprint density at radius 3 is 2.75 bits per heavy atom. The minimum atomic E-state index is -0.872. The van der Waals surface area contributed by atoms with E-state index < -0.39 is 11.6 Å². The number of nitrogens with zero attached hydrogens (tertiary/aromatic N) is 1. The normalized spacial score (nSPS) is 10.6.